The molecule has 0 saturated carbocycles. The number of allylic oxidation sites excluding steroid dienone is 2. The molecule has 0 fully saturated rings. The zero-order valence-electron chi connectivity index (χ0n) is 27.9. The van der Waals surface area contributed by atoms with Gasteiger partial charge in [-0.2, -0.15) is 0 Å². The van der Waals surface area contributed by atoms with Crippen LogP contribution in [0.1, 0.15) is 17.3 Å². The highest BCUT2D eigenvalue weighted by atomic mass is 15.1. The molecule has 51 heavy (non-hydrogen) atoms. The van der Waals surface area contributed by atoms with Crippen molar-refractivity contribution >= 4 is 49.4 Å². The first kappa shape index (κ1) is 29.2. The lowest BCUT2D eigenvalue weighted by molar-refractivity contribution is 0.385. The quantitative estimate of drug-likeness (QED) is 0.185. The number of hydrogen-bond donors (Lipinski definition) is 0. The lowest BCUT2D eigenvalue weighted by Crippen LogP contribution is -2.21. The van der Waals surface area contributed by atoms with Gasteiger partial charge in [-0.25, -0.2) is 0 Å². The van der Waals surface area contributed by atoms with E-state index in [1.807, 2.05) is 30.7 Å². The Morgan fingerprint density at radius 2 is 1.02 bits per heavy atom. The van der Waals surface area contributed by atoms with Crippen molar-refractivity contribution in [3.05, 3.63) is 182 Å². The summed E-state index contributed by atoms with van der Waals surface area (Å²) in [6, 6.07) is 47.1. The van der Waals surface area contributed by atoms with Gasteiger partial charge in [-0.1, -0.05) is 78.9 Å². The highest BCUT2D eigenvalue weighted by Crippen LogP contribution is 2.34. The van der Waals surface area contributed by atoms with Crippen LogP contribution >= 0.6 is 0 Å². The predicted molar refractivity (Wildman–Crippen MR) is 208 cm³/mol. The lowest BCUT2D eigenvalue weighted by atomic mass is 9.99. The van der Waals surface area contributed by atoms with E-state index in [0.29, 0.717) is 0 Å². The Hall–Kier alpha value is -6.79. The topological polar surface area (TPSA) is 51.8 Å². The Bertz CT molecular complexity index is 2700. The molecule has 6 heteroatoms. The monoisotopic (exact) mass is 656 g/mol. The van der Waals surface area contributed by atoms with E-state index in [1.54, 1.807) is 0 Å². The third-order valence-corrected chi connectivity index (χ3v) is 10.1. The first-order valence-corrected chi connectivity index (χ1v) is 17.2. The van der Waals surface area contributed by atoms with Crippen LogP contribution in [0.5, 0.6) is 0 Å². The molecule has 0 amide bonds. The second kappa shape index (κ2) is 11.7. The van der Waals surface area contributed by atoms with Crippen molar-refractivity contribution in [1.82, 2.24) is 29.0 Å². The molecule has 0 spiro atoms. The molecule has 6 heterocycles. The zero-order valence-corrected chi connectivity index (χ0v) is 27.9. The summed E-state index contributed by atoms with van der Waals surface area (Å²) in [4.78, 5) is 16.5. The fourth-order valence-corrected chi connectivity index (χ4v) is 7.63. The molecule has 1 unspecified atom stereocenters. The number of nitrogens with zero attached hydrogens (tertiary/aromatic N) is 6. The van der Waals surface area contributed by atoms with E-state index in [9.17, 15) is 0 Å². The molecule has 1 atom stereocenters. The maximum Gasteiger partial charge on any atom is 0.0963 e. The van der Waals surface area contributed by atoms with Crippen molar-refractivity contribution in [2.75, 3.05) is 7.05 Å². The number of fused-ring (bicyclic) bond motifs is 6. The molecule has 1 aliphatic rings. The van der Waals surface area contributed by atoms with E-state index in [1.165, 1.54) is 11.1 Å². The van der Waals surface area contributed by atoms with Gasteiger partial charge < -0.3 is 14.0 Å². The summed E-state index contributed by atoms with van der Waals surface area (Å²) in [7, 11) is 2.12. The molecule has 10 rings (SSSR count). The largest absolute Gasteiger partial charge is 0.368 e. The van der Waals surface area contributed by atoms with Crippen LogP contribution in [0.2, 0.25) is 0 Å². The molecule has 242 valence electrons. The minimum Gasteiger partial charge on any atom is -0.368 e. The summed E-state index contributed by atoms with van der Waals surface area (Å²) in [6.45, 7) is 0. The van der Waals surface area contributed by atoms with Crippen molar-refractivity contribution in [3.63, 3.8) is 0 Å². The Kier molecular flexibility index (Phi) is 6.67. The van der Waals surface area contributed by atoms with E-state index in [-0.39, 0.29) is 6.04 Å². The SMILES string of the molecule is CN1C=C(c2ccc(-n3c4ccccc4c4ncccc43)cc2)C=CC1c1ccc(-c2ccc(-n3c4ccccc4c4ncccc43)cc2)cn1. The fourth-order valence-electron chi connectivity index (χ4n) is 7.63. The normalized spacial score (nSPS) is 14.6. The third-order valence-electron chi connectivity index (χ3n) is 10.1. The summed E-state index contributed by atoms with van der Waals surface area (Å²) < 4.78 is 4.58. The first-order chi connectivity index (χ1) is 25.2. The van der Waals surface area contributed by atoms with Crippen molar-refractivity contribution < 1.29 is 0 Å². The molecule has 6 nitrogen and oxygen atoms in total. The average Bonchev–Trinajstić information content (AvgIpc) is 3.71. The van der Waals surface area contributed by atoms with Gasteiger partial charge in [-0.3, -0.25) is 15.0 Å². The highest BCUT2D eigenvalue weighted by molar-refractivity contribution is 6.07. The van der Waals surface area contributed by atoms with Crippen molar-refractivity contribution in [2.45, 2.75) is 6.04 Å². The number of likely N-dealkylation sites (N-methyl/N-ethyl adjacent to an activating group) is 1. The second-order valence-electron chi connectivity index (χ2n) is 13.1. The number of aromatic nitrogens is 5. The molecule has 0 radical (unpaired) electrons. The minimum atomic E-state index is 0.0541. The maximum atomic E-state index is 4.93. The first-order valence-electron chi connectivity index (χ1n) is 17.2. The molecule has 0 bridgehead atoms. The molecule has 0 saturated heterocycles. The van der Waals surface area contributed by atoms with Crippen LogP contribution in [0.25, 0.3) is 71.9 Å². The van der Waals surface area contributed by atoms with Gasteiger partial charge in [0.25, 0.3) is 0 Å². The minimum absolute atomic E-state index is 0.0541. The number of hydrogen-bond acceptors (Lipinski definition) is 4. The standard InChI is InChI=1S/C45H32N6/c1-49-29-33(31-16-22-35(23-17-31)51-40-11-5-3-9-37(40)45-43(51)13-7-27-47-45)19-25-41(49)38-24-18-32(28-48-38)30-14-20-34(21-15-30)50-39-10-4-2-8-36(39)44-42(50)12-6-26-46-44/h2-29,41H,1H3. The van der Waals surface area contributed by atoms with Crippen LogP contribution in [0.15, 0.2) is 170 Å². The number of rotatable bonds is 5. The summed E-state index contributed by atoms with van der Waals surface area (Å²) >= 11 is 0. The molecular formula is C45H32N6. The number of pyridine rings is 3. The van der Waals surface area contributed by atoms with E-state index >= 15 is 0 Å². The number of para-hydroxylation sites is 2. The van der Waals surface area contributed by atoms with Crippen molar-refractivity contribution in [2.24, 2.45) is 0 Å². The van der Waals surface area contributed by atoms with Crippen LogP contribution in [-0.4, -0.2) is 36.0 Å². The van der Waals surface area contributed by atoms with E-state index < -0.39 is 0 Å². The van der Waals surface area contributed by atoms with Gasteiger partial charge in [0.05, 0.1) is 44.8 Å². The Morgan fingerprint density at radius 3 is 1.57 bits per heavy atom. The van der Waals surface area contributed by atoms with Gasteiger partial charge in [0, 0.05) is 59.5 Å². The Labute approximate surface area is 294 Å². The molecule has 1 aliphatic heterocycles. The third kappa shape index (κ3) is 4.76. The van der Waals surface area contributed by atoms with E-state index in [0.717, 1.165) is 72.1 Å². The van der Waals surface area contributed by atoms with Crippen LogP contribution in [0, 0.1) is 0 Å². The van der Waals surface area contributed by atoms with Gasteiger partial charge in [0.2, 0.25) is 0 Å². The molecule has 5 aromatic heterocycles. The van der Waals surface area contributed by atoms with Gasteiger partial charge in [-0.05, 0) is 83.4 Å². The smallest absolute Gasteiger partial charge is 0.0963 e. The van der Waals surface area contributed by atoms with Crippen LogP contribution in [-0.2, 0) is 0 Å². The van der Waals surface area contributed by atoms with Crippen LogP contribution < -0.4 is 0 Å². The summed E-state index contributed by atoms with van der Waals surface area (Å²) in [5, 5.41) is 2.32. The van der Waals surface area contributed by atoms with Gasteiger partial charge in [0.1, 0.15) is 0 Å². The zero-order chi connectivity index (χ0) is 33.9. The molecule has 0 aliphatic carbocycles. The maximum absolute atomic E-state index is 4.93. The molecular weight excluding hydrogens is 625 g/mol. The summed E-state index contributed by atoms with van der Waals surface area (Å²) in [6.07, 6.45) is 12.4. The Balaban J connectivity index is 0.879. The Morgan fingerprint density at radius 1 is 0.490 bits per heavy atom. The van der Waals surface area contributed by atoms with Gasteiger partial charge in [0.15, 0.2) is 0 Å². The van der Waals surface area contributed by atoms with Gasteiger partial charge >= 0.3 is 0 Å². The fraction of sp³-hybridized carbons (Fsp3) is 0.0444. The van der Waals surface area contributed by atoms with Crippen molar-refractivity contribution in [3.8, 4) is 22.5 Å². The van der Waals surface area contributed by atoms with E-state index in [2.05, 4.69) is 171 Å². The summed E-state index contributed by atoms with van der Waals surface area (Å²) in [5.74, 6) is 0. The van der Waals surface area contributed by atoms with E-state index in [4.69, 9.17) is 4.98 Å². The predicted octanol–water partition coefficient (Wildman–Crippen LogP) is 10.3. The molecule has 0 N–H and O–H groups in total. The molecule has 4 aromatic carbocycles. The van der Waals surface area contributed by atoms with Crippen LogP contribution in [0.3, 0.4) is 0 Å². The summed E-state index contributed by atoms with van der Waals surface area (Å²) in [5.41, 5.74) is 14.4. The van der Waals surface area contributed by atoms with Crippen LogP contribution in [0.4, 0.5) is 0 Å². The second-order valence-corrected chi connectivity index (χ2v) is 13.1. The number of benzene rings is 4. The lowest BCUT2D eigenvalue weighted by Gasteiger charge is -2.28. The average molecular weight is 657 g/mol. The van der Waals surface area contributed by atoms with Gasteiger partial charge in [-0.15, -0.1) is 0 Å². The highest BCUT2D eigenvalue weighted by Gasteiger charge is 2.19. The van der Waals surface area contributed by atoms with Crippen molar-refractivity contribution in [1.29, 1.82) is 0 Å². The molecule has 9 aromatic rings.